The molecule has 5 atom stereocenters. The lowest BCUT2D eigenvalue weighted by Gasteiger charge is -2.21. The molecule has 0 saturated carbocycles. The van der Waals surface area contributed by atoms with Gasteiger partial charge in [0.25, 0.3) is 0 Å². The van der Waals surface area contributed by atoms with Gasteiger partial charge in [-0.25, -0.2) is 9.13 Å². The van der Waals surface area contributed by atoms with E-state index >= 15 is 0 Å². The van der Waals surface area contributed by atoms with Gasteiger partial charge in [-0.1, -0.05) is 305 Å². The molecule has 0 spiro atoms. The van der Waals surface area contributed by atoms with Crippen LogP contribution in [-0.2, 0) is 65.4 Å². The predicted molar refractivity (Wildman–Crippen MR) is 358 cm³/mol. The summed E-state index contributed by atoms with van der Waals surface area (Å²) in [6.45, 7) is 9.53. The van der Waals surface area contributed by atoms with Gasteiger partial charge in [0.15, 0.2) is 12.2 Å². The van der Waals surface area contributed by atoms with Gasteiger partial charge >= 0.3 is 39.5 Å². The maximum atomic E-state index is 13.0. The van der Waals surface area contributed by atoms with Gasteiger partial charge in [-0.2, -0.15) is 0 Å². The summed E-state index contributed by atoms with van der Waals surface area (Å²) in [7, 11) is -9.89. The normalized spacial score (nSPS) is 14.1. The summed E-state index contributed by atoms with van der Waals surface area (Å²) in [6.07, 6.45) is 47.3. The van der Waals surface area contributed by atoms with Gasteiger partial charge in [-0.05, 0) is 37.5 Å². The zero-order chi connectivity index (χ0) is 65.7. The molecule has 0 aliphatic carbocycles. The lowest BCUT2D eigenvalue weighted by Crippen LogP contribution is -2.30. The standard InChI is InChI=1S/C70H136O17P2/c1-7-9-11-13-15-34-40-46-52-67(72)80-58-65(86-69(74)54-48-42-35-16-14-12-10-8-2)60-84-88(76,77)82-56-64(71)57-83-89(78,79)85-61-66(59-81-68(73)53-47-41-36-30-27-23-25-29-33-39-45-51-63(5)6)87-70(75)55-49-43-37-31-26-22-20-18-17-19-21-24-28-32-38-44-50-62(3)4/h62-66,71H,7-61H2,1-6H3,(H,76,77)(H,78,79)/t64-,65+,66+/m0/s1. The van der Waals surface area contributed by atoms with Gasteiger partial charge < -0.3 is 33.8 Å². The molecule has 19 heteroatoms. The van der Waals surface area contributed by atoms with E-state index in [2.05, 4.69) is 41.5 Å². The van der Waals surface area contributed by atoms with Crippen molar-refractivity contribution in [2.75, 3.05) is 39.6 Å². The summed E-state index contributed by atoms with van der Waals surface area (Å²) in [5.41, 5.74) is 0. The molecule has 2 unspecified atom stereocenters. The number of aliphatic hydroxyl groups is 1. The van der Waals surface area contributed by atoms with E-state index < -0.39 is 97.5 Å². The highest BCUT2D eigenvalue weighted by Crippen LogP contribution is 2.45. The highest BCUT2D eigenvalue weighted by atomic mass is 31.2. The molecular weight excluding hydrogens is 1170 g/mol. The minimum Gasteiger partial charge on any atom is -0.462 e. The molecule has 0 aliphatic rings. The predicted octanol–water partition coefficient (Wildman–Crippen LogP) is 20.0. The smallest absolute Gasteiger partial charge is 0.462 e. The summed E-state index contributed by atoms with van der Waals surface area (Å²) in [5, 5.41) is 10.6. The average molecular weight is 1310 g/mol. The molecule has 0 bridgehead atoms. The van der Waals surface area contributed by atoms with Gasteiger partial charge in [-0.3, -0.25) is 37.3 Å². The third-order valence-electron chi connectivity index (χ3n) is 16.2. The number of phosphoric ester groups is 2. The van der Waals surface area contributed by atoms with Crippen LogP contribution in [0.4, 0.5) is 0 Å². The molecule has 0 amide bonds. The van der Waals surface area contributed by atoms with E-state index in [-0.39, 0.29) is 25.7 Å². The van der Waals surface area contributed by atoms with Crippen LogP contribution >= 0.6 is 15.6 Å². The minimum absolute atomic E-state index is 0.105. The first-order chi connectivity index (χ1) is 42.9. The first kappa shape index (κ1) is 87.1. The van der Waals surface area contributed by atoms with Crippen LogP contribution in [0.15, 0.2) is 0 Å². The maximum absolute atomic E-state index is 13.0. The van der Waals surface area contributed by atoms with E-state index in [0.29, 0.717) is 25.7 Å². The third-order valence-corrected chi connectivity index (χ3v) is 18.1. The van der Waals surface area contributed by atoms with E-state index in [1.165, 1.54) is 161 Å². The summed E-state index contributed by atoms with van der Waals surface area (Å²) >= 11 is 0. The molecule has 0 aliphatic heterocycles. The molecule has 0 saturated heterocycles. The molecule has 0 radical (unpaired) electrons. The second-order valence-electron chi connectivity index (χ2n) is 26.2. The van der Waals surface area contributed by atoms with Gasteiger partial charge in [0.05, 0.1) is 26.4 Å². The second kappa shape index (κ2) is 62.2. The number of unbranched alkanes of at least 4 members (excludes halogenated alkanes) is 39. The molecule has 0 rings (SSSR count). The fourth-order valence-corrected chi connectivity index (χ4v) is 12.2. The van der Waals surface area contributed by atoms with Crippen LogP contribution in [0.25, 0.3) is 0 Å². The molecule has 0 aromatic heterocycles. The Morgan fingerprint density at radius 3 is 0.764 bits per heavy atom. The van der Waals surface area contributed by atoms with Gasteiger partial charge in [-0.15, -0.1) is 0 Å². The first-order valence-corrected chi connectivity index (χ1v) is 39.5. The number of rotatable bonds is 69. The average Bonchev–Trinajstić information content (AvgIpc) is 3.64. The molecule has 89 heavy (non-hydrogen) atoms. The van der Waals surface area contributed by atoms with Crippen LogP contribution in [0.3, 0.4) is 0 Å². The van der Waals surface area contributed by atoms with Crippen LogP contribution in [0.1, 0.15) is 356 Å². The summed E-state index contributed by atoms with van der Waals surface area (Å²) in [4.78, 5) is 72.3. The molecule has 528 valence electrons. The van der Waals surface area contributed by atoms with Crippen LogP contribution < -0.4 is 0 Å². The largest absolute Gasteiger partial charge is 0.472 e. The summed E-state index contributed by atoms with van der Waals surface area (Å²) < 4.78 is 68.1. The fraction of sp³-hybridized carbons (Fsp3) is 0.943. The van der Waals surface area contributed by atoms with Gasteiger partial charge in [0.2, 0.25) is 0 Å². The number of phosphoric acid groups is 2. The number of hydrogen-bond acceptors (Lipinski definition) is 15. The van der Waals surface area contributed by atoms with E-state index in [9.17, 15) is 43.2 Å². The fourth-order valence-electron chi connectivity index (χ4n) is 10.6. The molecule has 0 heterocycles. The maximum Gasteiger partial charge on any atom is 0.472 e. The zero-order valence-corrected chi connectivity index (χ0v) is 59.5. The number of aliphatic hydroxyl groups excluding tert-OH is 1. The molecule has 0 aromatic rings. The Balaban J connectivity index is 5.17. The molecule has 17 nitrogen and oxygen atoms in total. The Morgan fingerprint density at radius 1 is 0.303 bits per heavy atom. The van der Waals surface area contributed by atoms with Crippen molar-refractivity contribution < 1.29 is 80.2 Å². The number of ether oxygens (including phenoxy) is 4. The van der Waals surface area contributed by atoms with E-state index in [1.54, 1.807) is 0 Å². The van der Waals surface area contributed by atoms with Crippen LogP contribution in [-0.4, -0.2) is 96.7 Å². The first-order valence-electron chi connectivity index (χ1n) is 36.5. The van der Waals surface area contributed by atoms with Crippen LogP contribution in [0.2, 0.25) is 0 Å². The zero-order valence-electron chi connectivity index (χ0n) is 57.7. The molecule has 3 N–H and O–H groups in total. The van der Waals surface area contributed by atoms with E-state index in [4.69, 9.17) is 37.0 Å². The monoisotopic (exact) mass is 1310 g/mol. The van der Waals surface area contributed by atoms with Crippen molar-refractivity contribution in [1.82, 2.24) is 0 Å². The summed E-state index contributed by atoms with van der Waals surface area (Å²) in [6, 6.07) is 0. The molecule has 0 aromatic carbocycles. The Hall–Kier alpha value is -1.94. The third kappa shape index (κ3) is 64.6. The number of carbonyl (C=O) groups excluding carboxylic acids is 4. The van der Waals surface area contributed by atoms with Crippen LogP contribution in [0, 0.1) is 11.8 Å². The van der Waals surface area contributed by atoms with Crippen molar-refractivity contribution in [2.45, 2.75) is 374 Å². The Bertz CT molecular complexity index is 1730. The lowest BCUT2D eigenvalue weighted by atomic mass is 10.0. The van der Waals surface area contributed by atoms with Crippen molar-refractivity contribution in [2.24, 2.45) is 11.8 Å². The van der Waals surface area contributed by atoms with Crippen molar-refractivity contribution in [3.63, 3.8) is 0 Å². The number of carbonyl (C=O) groups is 4. The highest BCUT2D eigenvalue weighted by Gasteiger charge is 2.30. The quantitative estimate of drug-likeness (QED) is 0.0222. The van der Waals surface area contributed by atoms with Gasteiger partial charge in [0, 0.05) is 25.7 Å². The highest BCUT2D eigenvalue weighted by molar-refractivity contribution is 7.47. The van der Waals surface area contributed by atoms with Crippen LogP contribution in [0.5, 0.6) is 0 Å². The SMILES string of the molecule is CCCCCCCCCCC(=O)OC[C@H](COP(=O)(O)OC[C@H](O)COP(=O)(O)OC[C@@H](COC(=O)CCCCCCCCCCCCCC(C)C)OC(=O)CCCCCCCCCCCCCCCCCCC(C)C)OC(=O)CCCCCCCCCC. The second-order valence-corrected chi connectivity index (χ2v) is 29.1. The Kier molecular flexibility index (Phi) is 60.8. The number of esters is 4. The van der Waals surface area contributed by atoms with Crippen molar-refractivity contribution in [1.29, 1.82) is 0 Å². The van der Waals surface area contributed by atoms with E-state index in [1.807, 2.05) is 0 Å². The molecule has 0 fully saturated rings. The lowest BCUT2D eigenvalue weighted by molar-refractivity contribution is -0.161. The number of hydrogen-bond donors (Lipinski definition) is 3. The van der Waals surface area contributed by atoms with Gasteiger partial charge in [0.1, 0.15) is 19.3 Å². The summed E-state index contributed by atoms with van der Waals surface area (Å²) in [5.74, 6) is -0.549. The van der Waals surface area contributed by atoms with Crippen molar-refractivity contribution in [3.05, 3.63) is 0 Å². The Labute approximate surface area is 543 Å². The topological polar surface area (TPSA) is 237 Å². The van der Waals surface area contributed by atoms with E-state index in [0.717, 1.165) is 115 Å². The van der Waals surface area contributed by atoms with Crippen molar-refractivity contribution >= 4 is 39.5 Å². The minimum atomic E-state index is -4.95. The Morgan fingerprint density at radius 2 is 0.517 bits per heavy atom. The molecular formula is C70H136O17P2. The van der Waals surface area contributed by atoms with Crippen molar-refractivity contribution in [3.8, 4) is 0 Å².